The van der Waals surface area contributed by atoms with Gasteiger partial charge in [0.2, 0.25) is 0 Å². The van der Waals surface area contributed by atoms with E-state index in [4.69, 9.17) is 5.84 Å². The lowest BCUT2D eigenvalue weighted by molar-refractivity contribution is 0.551. The lowest BCUT2D eigenvalue weighted by Crippen LogP contribution is -2.29. The van der Waals surface area contributed by atoms with E-state index >= 15 is 0 Å². The number of hydrazine groups is 1. The van der Waals surface area contributed by atoms with Crippen molar-refractivity contribution in [2.45, 2.75) is 19.4 Å². The number of hydrogen-bond acceptors (Lipinski definition) is 3. The van der Waals surface area contributed by atoms with Crippen LogP contribution in [0.3, 0.4) is 0 Å². The third-order valence-corrected chi connectivity index (χ3v) is 2.85. The summed E-state index contributed by atoms with van der Waals surface area (Å²) in [6, 6.07) is 8.57. The Morgan fingerprint density at radius 3 is 2.88 bits per heavy atom. The average Bonchev–Trinajstić information content (AvgIpc) is 2.73. The van der Waals surface area contributed by atoms with Gasteiger partial charge in [0.25, 0.3) is 0 Å². The summed E-state index contributed by atoms with van der Waals surface area (Å²) in [7, 11) is 1.91. The van der Waals surface area contributed by atoms with Crippen LogP contribution in [-0.2, 0) is 13.5 Å². The van der Waals surface area contributed by atoms with Crippen LogP contribution >= 0.6 is 0 Å². The summed E-state index contributed by atoms with van der Waals surface area (Å²) >= 11 is 0. The molecule has 1 unspecified atom stereocenters. The molecule has 4 heteroatoms. The standard InChI is InChI=1S/C13H18N4/c1-10-4-3-5-11(6-10)7-13(16-14)12-8-15-17(2)9-12/h3-6,8-9,13,16H,7,14H2,1-2H3. The summed E-state index contributed by atoms with van der Waals surface area (Å²) in [4.78, 5) is 0. The highest BCUT2D eigenvalue weighted by atomic mass is 15.3. The number of hydrogen-bond donors (Lipinski definition) is 2. The minimum Gasteiger partial charge on any atom is -0.275 e. The Morgan fingerprint density at radius 1 is 1.47 bits per heavy atom. The quantitative estimate of drug-likeness (QED) is 0.618. The van der Waals surface area contributed by atoms with E-state index in [1.54, 1.807) is 4.68 Å². The molecule has 2 aromatic rings. The first kappa shape index (κ1) is 11.8. The highest BCUT2D eigenvalue weighted by Crippen LogP contribution is 2.17. The smallest absolute Gasteiger partial charge is 0.0538 e. The van der Waals surface area contributed by atoms with E-state index in [1.807, 2.05) is 19.4 Å². The van der Waals surface area contributed by atoms with Crippen LogP contribution in [0.15, 0.2) is 36.7 Å². The van der Waals surface area contributed by atoms with Crippen LogP contribution in [0, 0.1) is 6.92 Å². The first-order valence-electron chi connectivity index (χ1n) is 5.69. The van der Waals surface area contributed by atoms with Crippen molar-refractivity contribution in [2.75, 3.05) is 0 Å². The van der Waals surface area contributed by atoms with E-state index in [-0.39, 0.29) is 6.04 Å². The van der Waals surface area contributed by atoms with Gasteiger partial charge in [-0.05, 0) is 18.9 Å². The summed E-state index contributed by atoms with van der Waals surface area (Å²) < 4.78 is 1.79. The van der Waals surface area contributed by atoms with Gasteiger partial charge in [-0.3, -0.25) is 16.0 Å². The Morgan fingerprint density at radius 2 is 2.29 bits per heavy atom. The van der Waals surface area contributed by atoms with Gasteiger partial charge in [-0.15, -0.1) is 0 Å². The molecule has 0 saturated carbocycles. The van der Waals surface area contributed by atoms with Crippen molar-refractivity contribution in [1.29, 1.82) is 0 Å². The maximum atomic E-state index is 5.61. The van der Waals surface area contributed by atoms with Crippen molar-refractivity contribution in [1.82, 2.24) is 15.2 Å². The van der Waals surface area contributed by atoms with E-state index in [9.17, 15) is 0 Å². The molecule has 0 amide bonds. The molecule has 0 fully saturated rings. The van der Waals surface area contributed by atoms with Crippen LogP contribution in [0.4, 0.5) is 0 Å². The van der Waals surface area contributed by atoms with Crippen molar-refractivity contribution in [3.63, 3.8) is 0 Å². The molecule has 0 aliphatic heterocycles. The third-order valence-electron chi connectivity index (χ3n) is 2.85. The van der Waals surface area contributed by atoms with Gasteiger partial charge >= 0.3 is 0 Å². The molecule has 4 nitrogen and oxygen atoms in total. The van der Waals surface area contributed by atoms with Crippen LogP contribution in [0.25, 0.3) is 0 Å². The van der Waals surface area contributed by atoms with Crippen molar-refractivity contribution >= 4 is 0 Å². The third kappa shape index (κ3) is 2.93. The highest BCUT2D eigenvalue weighted by Gasteiger charge is 2.12. The molecule has 1 aromatic carbocycles. The fraction of sp³-hybridized carbons (Fsp3) is 0.308. The van der Waals surface area contributed by atoms with Gasteiger partial charge in [0.1, 0.15) is 0 Å². The molecule has 1 aromatic heterocycles. The van der Waals surface area contributed by atoms with Crippen molar-refractivity contribution in [2.24, 2.45) is 12.9 Å². The number of aromatic nitrogens is 2. The Labute approximate surface area is 101 Å². The van der Waals surface area contributed by atoms with Crippen LogP contribution in [0.5, 0.6) is 0 Å². The molecular formula is C13H18N4. The molecule has 2 rings (SSSR count). The SMILES string of the molecule is Cc1cccc(CC(NN)c2cnn(C)c2)c1. The van der Waals surface area contributed by atoms with E-state index in [2.05, 4.69) is 41.7 Å². The molecule has 1 heterocycles. The number of aryl methyl sites for hydroxylation is 2. The Bertz CT molecular complexity index is 490. The monoisotopic (exact) mass is 230 g/mol. The summed E-state index contributed by atoms with van der Waals surface area (Å²) in [5.74, 6) is 5.61. The van der Waals surface area contributed by atoms with Crippen LogP contribution in [-0.4, -0.2) is 9.78 Å². The number of nitrogens with zero attached hydrogens (tertiary/aromatic N) is 2. The number of rotatable bonds is 4. The van der Waals surface area contributed by atoms with Crippen molar-refractivity contribution in [3.8, 4) is 0 Å². The molecule has 17 heavy (non-hydrogen) atoms. The summed E-state index contributed by atoms with van der Waals surface area (Å²) in [5, 5.41) is 4.17. The summed E-state index contributed by atoms with van der Waals surface area (Å²) in [6.45, 7) is 2.10. The fourth-order valence-corrected chi connectivity index (χ4v) is 1.97. The maximum Gasteiger partial charge on any atom is 0.0538 e. The van der Waals surface area contributed by atoms with Crippen LogP contribution in [0.2, 0.25) is 0 Å². The minimum absolute atomic E-state index is 0.102. The Kier molecular flexibility index (Phi) is 3.56. The minimum atomic E-state index is 0.102. The largest absolute Gasteiger partial charge is 0.275 e. The zero-order valence-electron chi connectivity index (χ0n) is 10.2. The number of nitrogens with two attached hydrogens (primary N) is 1. The molecule has 0 aliphatic carbocycles. The van der Waals surface area contributed by atoms with E-state index < -0.39 is 0 Å². The molecule has 90 valence electrons. The highest BCUT2D eigenvalue weighted by molar-refractivity contribution is 5.25. The zero-order chi connectivity index (χ0) is 12.3. The molecule has 0 radical (unpaired) electrons. The molecule has 0 aliphatic rings. The first-order chi connectivity index (χ1) is 8.19. The lowest BCUT2D eigenvalue weighted by atomic mass is 10.0. The number of benzene rings is 1. The van der Waals surface area contributed by atoms with Crippen molar-refractivity contribution < 1.29 is 0 Å². The normalized spacial score (nSPS) is 12.6. The molecule has 0 spiro atoms. The summed E-state index contributed by atoms with van der Waals surface area (Å²) in [6.07, 6.45) is 4.70. The second-order valence-corrected chi connectivity index (χ2v) is 4.36. The van der Waals surface area contributed by atoms with Gasteiger partial charge < -0.3 is 0 Å². The van der Waals surface area contributed by atoms with Gasteiger partial charge in [-0.25, -0.2) is 0 Å². The zero-order valence-corrected chi connectivity index (χ0v) is 10.2. The summed E-state index contributed by atoms with van der Waals surface area (Å²) in [5.41, 5.74) is 6.50. The second-order valence-electron chi connectivity index (χ2n) is 4.36. The molecule has 0 saturated heterocycles. The topological polar surface area (TPSA) is 55.9 Å². The first-order valence-corrected chi connectivity index (χ1v) is 5.69. The molecule has 0 bridgehead atoms. The molecule has 3 N–H and O–H groups in total. The molecular weight excluding hydrogens is 212 g/mol. The van der Waals surface area contributed by atoms with Gasteiger partial charge in [-0.1, -0.05) is 29.8 Å². The predicted molar refractivity (Wildman–Crippen MR) is 68.2 cm³/mol. The van der Waals surface area contributed by atoms with Crippen molar-refractivity contribution in [3.05, 3.63) is 53.3 Å². The van der Waals surface area contributed by atoms with Gasteiger partial charge in [0.05, 0.1) is 12.2 Å². The van der Waals surface area contributed by atoms with Crippen LogP contribution < -0.4 is 11.3 Å². The van der Waals surface area contributed by atoms with Gasteiger partial charge in [0.15, 0.2) is 0 Å². The lowest BCUT2D eigenvalue weighted by Gasteiger charge is -2.14. The van der Waals surface area contributed by atoms with E-state index in [0.717, 1.165) is 12.0 Å². The predicted octanol–water partition coefficient (Wildman–Crippen LogP) is 1.48. The Balaban J connectivity index is 2.15. The maximum absolute atomic E-state index is 5.61. The van der Waals surface area contributed by atoms with Gasteiger partial charge in [0, 0.05) is 18.8 Å². The second kappa shape index (κ2) is 5.12. The van der Waals surface area contributed by atoms with E-state index in [0.29, 0.717) is 0 Å². The fourth-order valence-electron chi connectivity index (χ4n) is 1.97. The number of nitrogens with one attached hydrogen (secondary N) is 1. The van der Waals surface area contributed by atoms with Crippen LogP contribution in [0.1, 0.15) is 22.7 Å². The van der Waals surface area contributed by atoms with E-state index in [1.165, 1.54) is 11.1 Å². The molecule has 1 atom stereocenters. The Hall–Kier alpha value is -1.65. The average molecular weight is 230 g/mol. The van der Waals surface area contributed by atoms with Gasteiger partial charge in [-0.2, -0.15) is 5.10 Å².